The highest BCUT2D eigenvalue weighted by Crippen LogP contribution is 2.32. The van der Waals surface area contributed by atoms with Crippen LogP contribution in [0.5, 0.6) is 5.75 Å². The van der Waals surface area contributed by atoms with Gasteiger partial charge in [-0.2, -0.15) is 0 Å². The van der Waals surface area contributed by atoms with Gasteiger partial charge >= 0.3 is 0 Å². The molecule has 0 spiro atoms. The third kappa shape index (κ3) is 4.17. The Labute approximate surface area is 183 Å². The first kappa shape index (κ1) is 20.3. The van der Waals surface area contributed by atoms with E-state index in [2.05, 4.69) is 26.8 Å². The number of hydrogen-bond acceptors (Lipinski definition) is 7. The Balaban J connectivity index is 1.69. The summed E-state index contributed by atoms with van der Waals surface area (Å²) in [5, 5.41) is 15.5. The van der Waals surface area contributed by atoms with Crippen molar-refractivity contribution in [2.75, 3.05) is 12.4 Å². The average molecular weight is 432 g/mol. The molecule has 0 fully saturated rings. The lowest BCUT2D eigenvalue weighted by Crippen LogP contribution is -2.22. The van der Waals surface area contributed by atoms with Crippen molar-refractivity contribution in [1.82, 2.24) is 15.0 Å². The monoisotopic (exact) mass is 431 g/mol. The zero-order valence-corrected chi connectivity index (χ0v) is 17.2. The van der Waals surface area contributed by atoms with Gasteiger partial charge in [0.25, 0.3) is 0 Å². The largest absolute Gasteiger partial charge is 0.545 e. The number of rotatable bonds is 6. The zero-order chi connectivity index (χ0) is 22.0. The van der Waals surface area contributed by atoms with Crippen LogP contribution in [0.25, 0.3) is 27.7 Å². The molecule has 2 heterocycles. The predicted molar refractivity (Wildman–Crippen MR) is 118 cm³/mol. The van der Waals surface area contributed by atoms with Crippen LogP contribution in [0, 0.1) is 0 Å². The molecule has 0 bridgehead atoms. The summed E-state index contributed by atoms with van der Waals surface area (Å²) in [6, 6.07) is 14.0. The third-order valence-electron chi connectivity index (χ3n) is 4.71. The van der Waals surface area contributed by atoms with E-state index < -0.39 is 5.97 Å². The number of aromatic nitrogens is 3. The van der Waals surface area contributed by atoms with Crippen LogP contribution in [0.15, 0.2) is 67.6 Å². The number of methoxy groups -OCH3 is 1. The summed E-state index contributed by atoms with van der Waals surface area (Å²) in [7, 11) is 1.59. The van der Waals surface area contributed by atoms with Gasteiger partial charge in [-0.25, -0.2) is 9.97 Å². The molecule has 1 N–H and O–H groups in total. The minimum absolute atomic E-state index is 0.116. The molecular weight excluding hydrogens is 416 g/mol. The molecule has 0 aliphatic carbocycles. The molecule has 7 nitrogen and oxygen atoms in total. The lowest BCUT2D eigenvalue weighted by atomic mass is 10.0. The summed E-state index contributed by atoms with van der Waals surface area (Å²) in [6.07, 6.45) is 3.08. The lowest BCUT2D eigenvalue weighted by molar-refractivity contribution is -0.295. The summed E-state index contributed by atoms with van der Waals surface area (Å²) < 4.78 is 5.24. The number of aliphatic carboxylic acids is 1. The molecule has 0 radical (unpaired) electrons. The molecule has 0 amide bonds. The second-order valence-corrected chi connectivity index (χ2v) is 7.03. The van der Waals surface area contributed by atoms with Gasteiger partial charge in [0, 0.05) is 28.9 Å². The summed E-state index contributed by atoms with van der Waals surface area (Å²) >= 11 is 6.51. The van der Waals surface area contributed by atoms with E-state index in [9.17, 15) is 9.90 Å². The van der Waals surface area contributed by atoms with Gasteiger partial charge < -0.3 is 20.0 Å². The number of carboxylic acids is 1. The average Bonchev–Trinajstić information content (AvgIpc) is 2.78. The molecule has 8 heteroatoms. The molecule has 0 unspecified atom stereocenters. The van der Waals surface area contributed by atoms with Crippen molar-refractivity contribution < 1.29 is 14.6 Å². The van der Waals surface area contributed by atoms with E-state index in [-0.39, 0.29) is 5.57 Å². The number of nitrogens with one attached hydrogen (secondary N) is 1. The van der Waals surface area contributed by atoms with Crippen molar-refractivity contribution in [3.63, 3.8) is 0 Å². The van der Waals surface area contributed by atoms with E-state index in [1.165, 1.54) is 6.33 Å². The Bertz CT molecular complexity index is 1320. The van der Waals surface area contributed by atoms with E-state index in [1.807, 2.05) is 12.1 Å². The maximum atomic E-state index is 11.2. The number of ether oxygens (including phenoxy) is 1. The number of anilines is 2. The van der Waals surface area contributed by atoms with E-state index in [4.69, 9.17) is 16.3 Å². The molecule has 154 valence electrons. The van der Waals surface area contributed by atoms with Crippen LogP contribution in [0.1, 0.15) is 5.56 Å². The summed E-state index contributed by atoms with van der Waals surface area (Å²) in [6.45, 7) is 3.55. The molecule has 0 saturated heterocycles. The second-order valence-electron chi connectivity index (χ2n) is 6.62. The number of nitrogens with zero attached hydrogens (tertiary/aromatic N) is 3. The minimum Gasteiger partial charge on any atom is -0.545 e. The third-order valence-corrected chi connectivity index (χ3v) is 5.02. The quantitative estimate of drug-likeness (QED) is 0.462. The number of carboxylic acid groups (broad SMARTS) is 1. The van der Waals surface area contributed by atoms with Gasteiger partial charge in [-0.15, -0.1) is 0 Å². The Morgan fingerprint density at radius 2 is 1.94 bits per heavy atom. The Hall–Kier alpha value is -3.97. The van der Waals surface area contributed by atoms with Gasteiger partial charge in [0.2, 0.25) is 0 Å². The Kier molecular flexibility index (Phi) is 5.51. The molecule has 0 aliphatic rings. The summed E-state index contributed by atoms with van der Waals surface area (Å²) in [5.74, 6) is -0.148. The number of fused-ring (bicyclic) bond motifs is 1. The van der Waals surface area contributed by atoms with E-state index >= 15 is 0 Å². The van der Waals surface area contributed by atoms with Gasteiger partial charge in [-0.05, 0) is 47.5 Å². The number of halogens is 1. The van der Waals surface area contributed by atoms with Gasteiger partial charge in [0.05, 0.1) is 29.3 Å². The number of carbonyl (C=O) groups is 1. The lowest BCUT2D eigenvalue weighted by Gasteiger charge is -2.12. The van der Waals surface area contributed by atoms with Crippen molar-refractivity contribution in [2.45, 2.75) is 0 Å². The molecular formula is C23H16ClN4O3-. The maximum Gasteiger partial charge on any atom is 0.141 e. The normalized spacial score (nSPS) is 10.6. The number of benzene rings is 2. The van der Waals surface area contributed by atoms with Gasteiger partial charge in [0.15, 0.2) is 0 Å². The molecule has 4 aromatic rings. The van der Waals surface area contributed by atoms with Gasteiger partial charge in [-0.1, -0.05) is 24.2 Å². The first-order valence-electron chi connectivity index (χ1n) is 9.18. The Morgan fingerprint density at radius 3 is 2.68 bits per heavy atom. The molecule has 0 aliphatic heterocycles. The fourth-order valence-electron chi connectivity index (χ4n) is 3.08. The van der Waals surface area contributed by atoms with Crippen LogP contribution in [0.3, 0.4) is 0 Å². The highest BCUT2D eigenvalue weighted by Gasteiger charge is 2.11. The van der Waals surface area contributed by atoms with Crippen molar-refractivity contribution in [3.05, 3.63) is 78.2 Å². The highest BCUT2D eigenvalue weighted by atomic mass is 35.5. The fraction of sp³-hybridized carbons (Fsp3) is 0.0435. The van der Waals surface area contributed by atoms with E-state index in [1.54, 1.807) is 49.7 Å². The molecule has 4 rings (SSSR count). The Morgan fingerprint density at radius 1 is 1.10 bits per heavy atom. The van der Waals surface area contributed by atoms with E-state index in [0.29, 0.717) is 44.4 Å². The van der Waals surface area contributed by atoms with Crippen LogP contribution < -0.4 is 15.2 Å². The number of hydrogen-bond donors (Lipinski definition) is 1. The number of pyridine rings is 1. The highest BCUT2D eigenvalue weighted by molar-refractivity contribution is 6.33. The molecule has 0 saturated carbocycles. The summed E-state index contributed by atoms with van der Waals surface area (Å²) in [5.41, 5.74) is 3.09. The fourth-order valence-corrected chi connectivity index (χ4v) is 3.36. The zero-order valence-electron chi connectivity index (χ0n) is 16.4. The van der Waals surface area contributed by atoms with Gasteiger partial charge in [-0.3, -0.25) is 4.98 Å². The van der Waals surface area contributed by atoms with E-state index in [0.717, 1.165) is 5.56 Å². The standard InChI is InChI=1S/C23H17ClN4O3/c1-13(23(29)30)14-3-6-20-18(9-14)22(27-12-26-20)28-15-4-5-17(19(24)10-15)21-11-16(31-2)7-8-25-21/h3-12H,1H2,2H3,(H,29,30)(H,26,27,28)/p-1. The molecule has 2 aromatic heterocycles. The molecule has 2 aromatic carbocycles. The van der Waals surface area contributed by atoms with Crippen molar-refractivity contribution in [1.29, 1.82) is 0 Å². The first-order valence-corrected chi connectivity index (χ1v) is 9.56. The smallest absolute Gasteiger partial charge is 0.141 e. The minimum atomic E-state index is -1.33. The van der Waals surface area contributed by atoms with Crippen molar-refractivity contribution in [2.24, 2.45) is 0 Å². The van der Waals surface area contributed by atoms with Crippen LogP contribution in [-0.2, 0) is 4.79 Å². The molecule has 31 heavy (non-hydrogen) atoms. The topological polar surface area (TPSA) is 100 Å². The second kappa shape index (κ2) is 8.41. The molecule has 0 atom stereocenters. The maximum absolute atomic E-state index is 11.2. The predicted octanol–water partition coefficient (Wildman–Crippen LogP) is 3.86. The van der Waals surface area contributed by atoms with Crippen LogP contribution in [0.4, 0.5) is 11.5 Å². The van der Waals surface area contributed by atoms with Gasteiger partial charge in [0.1, 0.15) is 17.9 Å². The van der Waals surface area contributed by atoms with Crippen LogP contribution >= 0.6 is 11.6 Å². The first-order chi connectivity index (χ1) is 15.0. The summed E-state index contributed by atoms with van der Waals surface area (Å²) in [4.78, 5) is 24.0. The number of carbonyl (C=O) groups excluding carboxylic acids is 1. The van der Waals surface area contributed by atoms with Crippen LogP contribution in [-0.4, -0.2) is 28.0 Å². The SMILES string of the molecule is C=C(C(=O)[O-])c1ccc2ncnc(Nc3ccc(-c4cc(OC)ccn4)c(Cl)c3)c2c1. The van der Waals surface area contributed by atoms with Crippen LogP contribution in [0.2, 0.25) is 5.02 Å². The van der Waals surface area contributed by atoms with Crippen molar-refractivity contribution >= 4 is 45.6 Å². The van der Waals surface area contributed by atoms with Crippen molar-refractivity contribution in [3.8, 4) is 17.0 Å².